The fourth-order valence-corrected chi connectivity index (χ4v) is 2.99. The van der Waals surface area contributed by atoms with Crippen molar-refractivity contribution >= 4 is 24.1 Å². The highest BCUT2D eigenvalue weighted by Crippen LogP contribution is 2.33. The van der Waals surface area contributed by atoms with Crippen LogP contribution in [0, 0.1) is 6.92 Å². The molecule has 1 aliphatic rings. The van der Waals surface area contributed by atoms with Crippen LogP contribution in [-0.2, 0) is 4.79 Å². The lowest BCUT2D eigenvalue weighted by Crippen LogP contribution is -2.32. The van der Waals surface area contributed by atoms with Gasteiger partial charge in [0, 0.05) is 5.56 Å². The lowest BCUT2D eigenvalue weighted by atomic mass is 10.1. The number of hydrogen-bond donors (Lipinski definition) is 2. The summed E-state index contributed by atoms with van der Waals surface area (Å²) < 4.78 is 10.7. The summed E-state index contributed by atoms with van der Waals surface area (Å²) in [6, 6.07) is 21.6. The highest BCUT2D eigenvalue weighted by molar-refractivity contribution is 6.05. The van der Waals surface area contributed by atoms with Gasteiger partial charge in [0.05, 0.1) is 6.21 Å². The van der Waals surface area contributed by atoms with Gasteiger partial charge in [0.2, 0.25) is 6.79 Å². The number of nitrogens with one attached hydrogen (secondary N) is 2. The number of rotatable bonds is 6. The Hall–Kier alpha value is -4.39. The molecule has 0 bridgehead atoms. The van der Waals surface area contributed by atoms with Gasteiger partial charge in [-0.15, -0.1) is 0 Å². The number of ether oxygens (including phenoxy) is 2. The molecule has 0 spiro atoms. The first kappa shape index (κ1) is 20.9. The largest absolute Gasteiger partial charge is 0.454 e. The van der Waals surface area contributed by atoms with Crippen LogP contribution in [0.2, 0.25) is 0 Å². The molecule has 3 aromatic carbocycles. The predicted molar refractivity (Wildman–Crippen MR) is 121 cm³/mol. The number of carbonyl (C=O) groups is 2. The molecule has 4 rings (SSSR count). The molecular weight excluding hydrogens is 406 g/mol. The first-order valence-electron chi connectivity index (χ1n) is 9.96. The van der Waals surface area contributed by atoms with Crippen LogP contribution in [0.1, 0.15) is 27.0 Å². The average molecular weight is 427 g/mol. The molecule has 2 N–H and O–H groups in total. The van der Waals surface area contributed by atoms with Gasteiger partial charge in [-0.1, -0.05) is 54.1 Å². The van der Waals surface area contributed by atoms with E-state index >= 15 is 0 Å². The van der Waals surface area contributed by atoms with Gasteiger partial charge in [0.15, 0.2) is 11.5 Å². The van der Waals surface area contributed by atoms with Crippen molar-refractivity contribution in [3.63, 3.8) is 0 Å². The van der Waals surface area contributed by atoms with Gasteiger partial charge in [-0.25, -0.2) is 5.43 Å². The molecule has 1 aliphatic heterocycles. The van der Waals surface area contributed by atoms with Crippen LogP contribution in [-0.4, -0.2) is 24.8 Å². The van der Waals surface area contributed by atoms with E-state index in [1.807, 2.05) is 37.3 Å². The maximum atomic E-state index is 12.8. The molecule has 0 aromatic heterocycles. The van der Waals surface area contributed by atoms with Gasteiger partial charge in [-0.2, -0.15) is 5.10 Å². The normalized spacial score (nSPS) is 12.6. The zero-order valence-corrected chi connectivity index (χ0v) is 17.4. The van der Waals surface area contributed by atoms with Crippen molar-refractivity contribution in [2.24, 2.45) is 5.10 Å². The van der Waals surface area contributed by atoms with E-state index in [1.165, 1.54) is 6.21 Å². The Morgan fingerprint density at radius 1 is 0.906 bits per heavy atom. The highest BCUT2D eigenvalue weighted by Gasteiger charge is 2.16. The number of hydrazone groups is 1. The zero-order chi connectivity index (χ0) is 22.3. The van der Waals surface area contributed by atoms with Gasteiger partial charge in [0.25, 0.3) is 11.8 Å². The standard InChI is InChI=1S/C25H21N3O4/c1-17-7-9-18(10-8-17)15-26-28-25(30)21(27-24(29)20-5-3-2-4-6-20)13-19-11-12-22-23(14-19)32-16-31-22/h2-15H,16H2,1H3,(H,27,29)(H,28,30)/b21-13+,26-15-. The molecular formula is C25H21N3O4. The Labute approximate surface area is 185 Å². The molecule has 0 aliphatic carbocycles. The summed E-state index contributed by atoms with van der Waals surface area (Å²) in [6.45, 7) is 2.14. The second-order valence-electron chi connectivity index (χ2n) is 7.10. The Kier molecular flexibility index (Phi) is 6.27. The molecule has 7 heteroatoms. The third-order valence-electron chi connectivity index (χ3n) is 4.69. The van der Waals surface area contributed by atoms with E-state index in [0.717, 1.165) is 11.1 Å². The summed E-state index contributed by atoms with van der Waals surface area (Å²) in [6.07, 6.45) is 3.09. The van der Waals surface area contributed by atoms with Crippen molar-refractivity contribution in [3.05, 3.63) is 101 Å². The predicted octanol–water partition coefficient (Wildman–Crippen LogP) is 3.64. The SMILES string of the molecule is Cc1ccc(/C=N\NC(=O)/C(=C\c2ccc3c(c2)OCO3)NC(=O)c2ccccc2)cc1. The van der Waals surface area contributed by atoms with Crippen molar-refractivity contribution in [2.45, 2.75) is 6.92 Å². The second-order valence-corrected chi connectivity index (χ2v) is 7.10. The maximum Gasteiger partial charge on any atom is 0.287 e. The quantitative estimate of drug-likeness (QED) is 0.357. The zero-order valence-electron chi connectivity index (χ0n) is 17.4. The van der Waals surface area contributed by atoms with E-state index in [1.54, 1.807) is 48.5 Å². The third kappa shape index (κ3) is 5.20. The number of amides is 2. The average Bonchev–Trinajstić information content (AvgIpc) is 3.28. The Bertz CT molecular complexity index is 1190. The molecule has 1 heterocycles. The van der Waals surface area contributed by atoms with Crippen molar-refractivity contribution in [1.82, 2.24) is 10.7 Å². The van der Waals surface area contributed by atoms with E-state index in [-0.39, 0.29) is 12.5 Å². The lowest BCUT2D eigenvalue weighted by molar-refractivity contribution is -0.117. The first-order valence-corrected chi connectivity index (χ1v) is 9.96. The molecule has 0 atom stereocenters. The van der Waals surface area contributed by atoms with E-state index in [9.17, 15) is 9.59 Å². The van der Waals surface area contributed by atoms with Gasteiger partial charge in [0.1, 0.15) is 5.70 Å². The molecule has 0 saturated carbocycles. The molecule has 0 unspecified atom stereocenters. The Balaban J connectivity index is 1.55. The van der Waals surface area contributed by atoms with E-state index in [0.29, 0.717) is 22.6 Å². The summed E-state index contributed by atoms with van der Waals surface area (Å²) in [5.74, 6) is 0.236. The van der Waals surface area contributed by atoms with Crippen LogP contribution in [0.5, 0.6) is 11.5 Å². The molecule has 0 saturated heterocycles. The Morgan fingerprint density at radius 3 is 2.41 bits per heavy atom. The topological polar surface area (TPSA) is 89.0 Å². The Morgan fingerprint density at radius 2 is 1.62 bits per heavy atom. The van der Waals surface area contributed by atoms with E-state index < -0.39 is 11.8 Å². The monoisotopic (exact) mass is 427 g/mol. The minimum absolute atomic E-state index is 0.0405. The first-order chi connectivity index (χ1) is 15.6. The van der Waals surface area contributed by atoms with Gasteiger partial charge in [-0.05, 0) is 48.4 Å². The molecule has 0 fully saturated rings. The smallest absolute Gasteiger partial charge is 0.287 e. The number of hydrogen-bond acceptors (Lipinski definition) is 5. The van der Waals surface area contributed by atoms with Crippen molar-refractivity contribution in [2.75, 3.05) is 6.79 Å². The summed E-state index contributed by atoms with van der Waals surface area (Å²) in [5, 5.41) is 6.68. The summed E-state index contributed by atoms with van der Waals surface area (Å²) >= 11 is 0. The van der Waals surface area contributed by atoms with E-state index in [4.69, 9.17) is 9.47 Å². The number of nitrogens with zero attached hydrogens (tertiary/aromatic N) is 1. The molecule has 2 amide bonds. The van der Waals surface area contributed by atoms with Crippen LogP contribution in [0.3, 0.4) is 0 Å². The second kappa shape index (κ2) is 9.61. The summed E-state index contributed by atoms with van der Waals surface area (Å²) in [5.41, 5.74) is 5.57. The number of benzene rings is 3. The highest BCUT2D eigenvalue weighted by atomic mass is 16.7. The van der Waals surface area contributed by atoms with Gasteiger partial charge in [-0.3, -0.25) is 9.59 Å². The summed E-state index contributed by atoms with van der Waals surface area (Å²) in [7, 11) is 0. The number of aryl methyl sites for hydroxylation is 1. The van der Waals surface area contributed by atoms with Crippen LogP contribution >= 0.6 is 0 Å². The van der Waals surface area contributed by atoms with Crippen LogP contribution in [0.25, 0.3) is 6.08 Å². The fraction of sp³-hybridized carbons (Fsp3) is 0.0800. The van der Waals surface area contributed by atoms with Crippen molar-refractivity contribution < 1.29 is 19.1 Å². The van der Waals surface area contributed by atoms with E-state index in [2.05, 4.69) is 15.8 Å². The molecule has 7 nitrogen and oxygen atoms in total. The molecule has 32 heavy (non-hydrogen) atoms. The minimum atomic E-state index is -0.560. The molecule has 0 radical (unpaired) electrons. The van der Waals surface area contributed by atoms with Crippen LogP contribution in [0.4, 0.5) is 0 Å². The lowest BCUT2D eigenvalue weighted by Gasteiger charge is -2.09. The minimum Gasteiger partial charge on any atom is -0.454 e. The number of fused-ring (bicyclic) bond motifs is 1. The fourth-order valence-electron chi connectivity index (χ4n) is 2.99. The van der Waals surface area contributed by atoms with Gasteiger partial charge >= 0.3 is 0 Å². The maximum absolute atomic E-state index is 12.8. The van der Waals surface area contributed by atoms with Crippen LogP contribution in [0.15, 0.2) is 83.6 Å². The third-order valence-corrected chi connectivity index (χ3v) is 4.69. The summed E-state index contributed by atoms with van der Waals surface area (Å²) in [4.78, 5) is 25.5. The van der Waals surface area contributed by atoms with Crippen molar-refractivity contribution in [3.8, 4) is 11.5 Å². The molecule has 3 aromatic rings. The van der Waals surface area contributed by atoms with Crippen LogP contribution < -0.4 is 20.2 Å². The van der Waals surface area contributed by atoms with Crippen molar-refractivity contribution in [1.29, 1.82) is 0 Å². The van der Waals surface area contributed by atoms with Gasteiger partial charge < -0.3 is 14.8 Å². The molecule has 160 valence electrons. The number of carbonyl (C=O) groups excluding carboxylic acids is 2.